The van der Waals surface area contributed by atoms with Crippen LogP contribution < -0.4 is 15.4 Å². The molecule has 2 aliphatic rings. The van der Waals surface area contributed by atoms with E-state index >= 15 is 0 Å². The molecule has 1 atom stereocenters. The second-order valence-electron chi connectivity index (χ2n) is 7.27. The van der Waals surface area contributed by atoms with Gasteiger partial charge < -0.3 is 20.4 Å². The third-order valence-corrected chi connectivity index (χ3v) is 5.83. The number of aromatic nitrogens is 1. The highest BCUT2D eigenvalue weighted by Crippen LogP contribution is 2.45. The van der Waals surface area contributed by atoms with Gasteiger partial charge in [-0.3, -0.25) is 9.79 Å². The van der Waals surface area contributed by atoms with Crippen molar-refractivity contribution in [1.29, 1.82) is 0 Å². The van der Waals surface area contributed by atoms with Crippen molar-refractivity contribution >= 4 is 28.7 Å². The summed E-state index contributed by atoms with van der Waals surface area (Å²) in [5.74, 6) is 0.831. The Kier molecular flexibility index (Phi) is 3.86. The largest absolute Gasteiger partial charge is 0.497 e. The molecule has 2 aromatic carbocycles. The molecule has 0 aliphatic carbocycles. The monoisotopic (exact) mass is 374 g/mol. The van der Waals surface area contributed by atoms with Crippen LogP contribution in [0.5, 0.6) is 5.75 Å². The van der Waals surface area contributed by atoms with Gasteiger partial charge >= 0.3 is 0 Å². The fraction of sp³-hybridized carbons (Fsp3) is 0.273. The highest BCUT2D eigenvalue weighted by molar-refractivity contribution is 6.17. The summed E-state index contributed by atoms with van der Waals surface area (Å²) >= 11 is 0. The molecule has 28 heavy (non-hydrogen) atoms. The highest BCUT2D eigenvalue weighted by atomic mass is 16.5. The van der Waals surface area contributed by atoms with Crippen LogP contribution in [0.15, 0.2) is 47.5 Å². The van der Waals surface area contributed by atoms with E-state index in [4.69, 9.17) is 9.73 Å². The fourth-order valence-electron chi connectivity index (χ4n) is 4.61. The lowest BCUT2D eigenvalue weighted by Crippen LogP contribution is -2.42. The van der Waals surface area contributed by atoms with Crippen LogP contribution in [-0.4, -0.2) is 37.3 Å². The zero-order valence-electron chi connectivity index (χ0n) is 15.7. The van der Waals surface area contributed by atoms with Crippen molar-refractivity contribution in [2.24, 2.45) is 4.99 Å². The van der Waals surface area contributed by atoms with Crippen molar-refractivity contribution in [3.8, 4) is 5.75 Å². The predicted octanol–water partition coefficient (Wildman–Crippen LogP) is 2.98. The second kappa shape index (κ2) is 6.41. The number of aromatic amines is 1. The molecule has 0 fully saturated rings. The first-order valence-electron chi connectivity index (χ1n) is 9.55. The van der Waals surface area contributed by atoms with E-state index in [-0.39, 0.29) is 0 Å². The molecule has 0 unspecified atom stereocenters. The Morgan fingerprint density at radius 2 is 2.18 bits per heavy atom. The molecule has 0 bridgehead atoms. The van der Waals surface area contributed by atoms with Crippen LogP contribution in [0, 0.1) is 0 Å². The van der Waals surface area contributed by atoms with Gasteiger partial charge in [0.25, 0.3) is 0 Å². The maximum atomic E-state index is 10.9. The summed E-state index contributed by atoms with van der Waals surface area (Å²) in [7, 11) is 1.68. The van der Waals surface area contributed by atoms with Gasteiger partial charge in [0.1, 0.15) is 11.3 Å². The Morgan fingerprint density at radius 1 is 1.29 bits per heavy atom. The first-order valence-corrected chi connectivity index (χ1v) is 9.55. The molecule has 3 N–H and O–H groups in total. The van der Waals surface area contributed by atoms with E-state index < -0.39 is 5.54 Å². The summed E-state index contributed by atoms with van der Waals surface area (Å²) in [5.41, 5.74) is 6.25. The maximum Gasteiger partial charge on any atom is 0.207 e. The van der Waals surface area contributed by atoms with E-state index in [0.717, 1.165) is 53.3 Å². The van der Waals surface area contributed by atoms with E-state index in [2.05, 4.69) is 33.8 Å². The molecular weight excluding hydrogens is 352 g/mol. The molecule has 6 nitrogen and oxygen atoms in total. The second-order valence-corrected chi connectivity index (χ2v) is 7.27. The van der Waals surface area contributed by atoms with Crippen LogP contribution >= 0.6 is 0 Å². The topological polar surface area (TPSA) is 78.5 Å². The smallest absolute Gasteiger partial charge is 0.207 e. The predicted molar refractivity (Wildman–Crippen MR) is 110 cm³/mol. The van der Waals surface area contributed by atoms with Crippen molar-refractivity contribution < 1.29 is 9.53 Å². The lowest BCUT2D eigenvalue weighted by Gasteiger charge is -2.30. The number of anilines is 1. The molecule has 1 amide bonds. The molecule has 0 saturated carbocycles. The van der Waals surface area contributed by atoms with Crippen molar-refractivity contribution in [2.45, 2.75) is 18.4 Å². The minimum Gasteiger partial charge on any atom is -0.497 e. The van der Waals surface area contributed by atoms with E-state index in [9.17, 15) is 4.79 Å². The number of methoxy groups -OCH3 is 1. The summed E-state index contributed by atoms with van der Waals surface area (Å²) in [6.07, 6.45) is 2.33. The molecule has 3 aromatic rings. The average molecular weight is 374 g/mol. The summed E-state index contributed by atoms with van der Waals surface area (Å²) < 4.78 is 5.41. The Bertz CT molecular complexity index is 1100. The summed E-state index contributed by atoms with van der Waals surface area (Å²) in [6.45, 7) is 1.29. The summed E-state index contributed by atoms with van der Waals surface area (Å²) in [5, 5.41) is 7.77. The lowest BCUT2D eigenvalue weighted by atomic mass is 9.84. The first kappa shape index (κ1) is 16.9. The number of benzene rings is 2. The van der Waals surface area contributed by atoms with E-state index in [1.807, 2.05) is 24.3 Å². The molecule has 5 rings (SSSR count). The van der Waals surface area contributed by atoms with E-state index in [1.54, 1.807) is 7.11 Å². The number of carbonyl (C=O) groups excluding carboxylic acids is 1. The number of aliphatic imine (C=N–C) groups is 1. The molecule has 0 radical (unpaired) electrons. The zero-order chi connectivity index (χ0) is 19.1. The van der Waals surface area contributed by atoms with Crippen LogP contribution in [0.2, 0.25) is 0 Å². The van der Waals surface area contributed by atoms with Gasteiger partial charge in [0, 0.05) is 41.3 Å². The summed E-state index contributed by atoms with van der Waals surface area (Å²) in [6, 6.07) is 14.4. The van der Waals surface area contributed by atoms with Crippen LogP contribution in [0.3, 0.4) is 0 Å². The third-order valence-electron chi connectivity index (χ3n) is 5.83. The van der Waals surface area contributed by atoms with Gasteiger partial charge in [-0.05, 0) is 36.6 Å². The normalized spacial score (nSPS) is 19.7. The van der Waals surface area contributed by atoms with Crippen molar-refractivity contribution in [2.75, 3.05) is 25.5 Å². The number of carbonyl (C=O) groups is 1. The number of para-hydroxylation sites is 1. The highest BCUT2D eigenvalue weighted by Gasteiger charge is 2.47. The van der Waals surface area contributed by atoms with Gasteiger partial charge in [0.05, 0.1) is 18.5 Å². The Labute approximate surface area is 163 Å². The van der Waals surface area contributed by atoms with Crippen molar-refractivity contribution in [1.82, 2.24) is 10.3 Å². The fourth-order valence-corrected chi connectivity index (χ4v) is 4.61. The maximum absolute atomic E-state index is 10.9. The van der Waals surface area contributed by atoms with Gasteiger partial charge in [-0.1, -0.05) is 18.2 Å². The SMILES string of the molecule is COc1ccc2c3c([nH]c2c1)[C@]1(CCNC=O)Nc2ccccc2C1=NCC3. The minimum atomic E-state index is -0.488. The van der Waals surface area contributed by atoms with Gasteiger partial charge in [-0.25, -0.2) is 0 Å². The zero-order valence-corrected chi connectivity index (χ0v) is 15.7. The minimum absolute atomic E-state index is 0.488. The standard InChI is InChI=1S/C22H22N4O2/c1-28-14-6-7-15-16-8-10-24-20-17-4-2-3-5-18(17)26-22(20,9-11-23-13-27)21(16)25-19(15)12-14/h2-7,12-13,25-26H,8-11H2,1H3,(H,23,27)/t22-/m1/s1. The van der Waals surface area contributed by atoms with Gasteiger partial charge in [0.2, 0.25) is 6.41 Å². The Hall–Kier alpha value is -3.28. The molecule has 0 spiro atoms. The van der Waals surface area contributed by atoms with Gasteiger partial charge in [-0.15, -0.1) is 0 Å². The molecule has 2 aliphatic heterocycles. The average Bonchev–Trinajstić information content (AvgIpc) is 3.20. The number of nitrogens with one attached hydrogen (secondary N) is 3. The quantitative estimate of drug-likeness (QED) is 0.475. The number of hydrogen-bond acceptors (Lipinski definition) is 4. The Balaban J connectivity index is 1.73. The number of H-pyrrole nitrogens is 1. The molecule has 6 heteroatoms. The number of rotatable bonds is 5. The van der Waals surface area contributed by atoms with Gasteiger partial charge in [-0.2, -0.15) is 0 Å². The van der Waals surface area contributed by atoms with Crippen LogP contribution in [0.4, 0.5) is 5.69 Å². The van der Waals surface area contributed by atoms with Crippen molar-refractivity contribution in [3.63, 3.8) is 0 Å². The van der Waals surface area contributed by atoms with Crippen LogP contribution in [-0.2, 0) is 16.8 Å². The van der Waals surface area contributed by atoms with E-state index in [0.29, 0.717) is 13.0 Å². The molecule has 0 saturated heterocycles. The molecule has 1 aromatic heterocycles. The summed E-state index contributed by atoms with van der Waals surface area (Å²) in [4.78, 5) is 19.6. The number of amides is 1. The lowest BCUT2D eigenvalue weighted by molar-refractivity contribution is -0.109. The molecule has 142 valence electrons. The number of ether oxygens (including phenoxy) is 1. The third kappa shape index (κ3) is 2.34. The van der Waals surface area contributed by atoms with Gasteiger partial charge in [0.15, 0.2) is 0 Å². The van der Waals surface area contributed by atoms with Crippen LogP contribution in [0.1, 0.15) is 23.2 Å². The van der Waals surface area contributed by atoms with E-state index in [1.165, 1.54) is 10.9 Å². The molecule has 3 heterocycles. The molecular formula is C22H22N4O2. The number of nitrogens with zero attached hydrogens (tertiary/aromatic N) is 1. The Morgan fingerprint density at radius 3 is 3.04 bits per heavy atom. The first-order chi connectivity index (χ1) is 13.8. The number of fused-ring (bicyclic) bond motifs is 7. The van der Waals surface area contributed by atoms with Crippen molar-refractivity contribution in [3.05, 3.63) is 59.3 Å². The number of hydrogen-bond donors (Lipinski definition) is 3. The van der Waals surface area contributed by atoms with Crippen LogP contribution in [0.25, 0.3) is 10.9 Å².